The SMILES string of the molecule is COc1ccccc1NC(=O)C(=O)NN=Cc1ccc(C)cc1. The molecule has 2 amide bonds. The van der Waals surface area contributed by atoms with Crippen LogP contribution in [0.1, 0.15) is 11.1 Å². The number of carbonyl (C=O) groups excluding carboxylic acids is 2. The molecule has 0 aliphatic carbocycles. The van der Waals surface area contributed by atoms with Gasteiger partial charge < -0.3 is 10.1 Å². The maximum atomic E-state index is 11.8. The number of hydrogen-bond acceptors (Lipinski definition) is 4. The second kappa shape index (κ2) is 7.74. The van der Waals surface area contributed by atoms with E-state index in [1.54, 1.807) is 24.3 Å². The molecule has 6 heteroatoms. The van der Waals surface area contributed by atoms with Gasteiger partial charge in [-0.1, -0.05) is 42.0 Å². The van der Waals surface area contributed by atoms with E-state index in [1.165, 1.54) is 13.3 Å². The highest BCUT2D eigenvalue weighted by molar-refractivity contribution is 6.39. The Morgan fingerprint density at radius 2 is 1.74 bits per heavy atom. The molecule has 2 N–H and O–H groups in total. The Hall–Kier alpha value is -3.15. The molecule has 0 radical (unpaired) electrons. The molecule has 2 aromatic carbocycles. The van der Waals surface area contributed by atoms with Gasteiger partial charge in [-0.15, -0.1) is 0 Å². The third-order valence-corrected chi connectivity index (χ3v) is 3.02. The first kappa shape index (κ1) is 16.2. The van der Waals surface area contributed by atoms with Gasteiger partial charge in [0.05, 0.1) is 19.0 Å². The van der Waals surface area contributed by atoms with Gasteiger partial charge >= 0.3 is 11.8 Å². The summed E-state index contributed by atoms with van der Waals surface area (Å²) in [6.45, 7) is 1.98. The van der Waals surface area contributed by atoms with Crippen LogP contribution in [0.15, 0.2) is 53.6 Å². The standard InChI is InChI=1S/C17H17N3O3/c1-12-7-9-13(10-8-12)11-18-20-17(22)16(21)19-14-5-3-4-6-15(14)23-2/h3-11H,1-2H3,(H,19,21)(H,20,22). The molecule has 0 aromatic heterocycles. The van der Waals surface area contributed by atoms with Crippen LogP contribution in [0.5, 0.6) is 5.75 Å². The molecule has 0 spiro atoms. The number of ether oxygens (including phenoxy) is 1. The van der Waals surface area contributed by atoms with E-state index in [9.17, 15) is 9.59 Å². The van der Waals surface area contributed by atoms with Gasteiger partial charge in [0.2, 0.25) is 0 Å². The van der Waals surface area contributed by atoms with Crippen LogP contribution in [-0.2, 0) is 9.59 Å². The number of hydrogen-bond donors (Lipinski definition) is 2. The van der Waals surface area contributed by atoms with Crippen LogP contribution in [-0.4, -0.2) is 25.1 Å². The fourth-order valence-electron chi connectivity index (χ4n) is 1.80. The fourth-order valence-corrected chi connectivity index (χ4v) is 1.80. The molecule has 0 saturated heterocycles. The Morgan fingerprint density at radius 1 is 1.04 bits per heavy atom. The van der Waals surface area contributed by atoms with Crippen molar-refractivity contribution in [1.82, 2.24) is 5.43 Å². The minimum Gasteiger partial charge on any atom is -0.495 e. The van der Waals surface area contributed by atoms with Gasteiger partial charge in [-0.2, -0.15) is 5.10 Å². The summed E-state index contributed by atoms with van der Waals surface area (Å²) in [5.74, 6) is -1.22. The van der Waals surface area contributed by atoms with E-state index < -0.39 is 11.8 Å². The van der Waals surface area contributed by atoms with Crippen molar-refractivity contribution in [3.8, 4) is 5.75 Å². The Labute approximate surface area is 134 Å². The molecule has 118 valence electrons. The lowest BCUT2D eigenvalue weighted by Crippen LogP contribution is -2.32. The van der Waals surface area contributed by atoms with Gasteiger partial charge in [-0.05, 0) is 24.6 Å². The summed E-state index contributed by atoms with van der Waals surface area (Å²) >= 11 is 0. The lowest BCUT2D eigenvalue weighted by atomic mass is 10.2. The quantitative estimate of drug-likeness (QED) is 0.515. The first-order valence-electron chi connectivity index (χ1n) is 6.94. The number of para-hydroxylation sites is 2. The molecule has 6 nitrogen and oxygen atoms in total. The highest BCUT2D eigenvalue weighted by Crippen LogP contribution is 2.22. The van der Waals surface area contributed by atoms with E-state index in [1.807, 2.05) is 31.2 Å². The molecule has 0 heterocycles. The van der Waals surface area contributed by atoms with Gasteiger partial charge in [-0.25, -0.2) is 5.43 Å². The molecule has 23 heavy (non-hydrogen) atoms. The van der Waals surface area contributed by atoms with Gasteiger partial charge in [0.1, 0.15) is 5.75 Å². The molecule has 0 saturated carbocycles. The number of hydrazone groups is 1. The Bertz CT molecular complexity index is 724. The average molecular weight is 311 g/mol. The largest absolute Gasteiger partial charge is 0.495 e. The van der Waals surface area contributed by atoms with Crippen molar-refractivity contribution in [2.75, 3.05) is 12.4 Å². The van der Waals surface area contributed by atoms with Crippen LogP contribution in [0.25, 0.3) is 0 Å². The lowest BCUT2D eigenvalue weighted by Gasteiger charge is -2.08. The maximum absolute atomic E-state index is 11.8. The number of nitrogens with zero attached hydrogens (tertiary/aromatic N) is 1. The number of methoxy groups -OCH3 is 1. The second-order valence-corrected chi connectivity index (χ2v) is 4.76. The minimum atomic E-state index is -0.862. The number of aryl methyl sites for hydroxylation is 1. The Morgan fingerprint density at radius 3 is 2.43 bits per heavy atom. The molecule has 0 aliphatic heterocycles. The molecule has 0 bridgehead atoms. The Balaban J connectivity index is 1.92. The van der Waals surface area contributed by atoms with Crippen molar-refractivity contribution in [2.24, 2.45) is 5.10 Å². The van der Waals surface area contributed by atoms with Gasteiger partial charge in [0, 0.05) is 0 Å². The number of benzene rings is 2. The second-order valence-electron chi connectivity index (χ2n) is 4.76. The molecular formula is C17H17N3O3. The van der Waals surface area contributed by atoms with Crippen LogP contribution in [0.4, 0.5) is 5.69 Å². The third-order valence-electron chi connectivity index (χ3n) is 3.02. The topological polar surface area (TPSA) is 79.8 Å². The van der Waals surface area contributed by atoms with Crippen LogP contribution in [0.3, 0.4) is 0 Å². The first-order chi connectivity index (χ1) is 11.1. The summed E-state index contributed by atoms with van der Waals surface area (Å²) in [7, 11) is 1.48. The number of rotatable bonds is 4. The molecular weight excluding hydrogens is 294 g/mol. The summed E-state index contributed by atoms with van der Waals surface area (Å²) in [5.41, 5.74) is 4.54. The van der Waals surface area contributed by atoms with Crippen LogP contribution >= 0.6 is 0 Å². The van der Waals surface area contributed by atoms with Gasteiger partial charge in [0.25, 0.3) is 0 Å². The zero-order valence-electron chi connectivity index (χ0n) is 12.9. The number of carbonyl (C=O) groups is 2. The summed E-state index contributed by atoms with van der Waals surface area (Å²) in [6, 6.07) is 14.4. The Kier molecular flexibility index (Phi) is 5.46. The van der Waals surface area contributed by atoms with Crippen molar-refractivity contribution in [1.29, 1.82) is 0 Å². The normalized spacial score (nSPS) is 10.3. The number of anilines is 1. The van der Waals surface area contributed by atoms with Crippen LogP contribution < -0.4 is 15.5 Å². The van der Waals surface area contributed by atoms with E-state index in [0.717, 1.165) is 11.1 Å². The average Bonchev–Trinajstić information content (AvgIpc) is 2.57. The molecule has 0 atom stereocenters. The van der Waals surface area contributed by atoms with E-state index in [2.05, 4.69) is 15.8 Å². The summed E-state index contributed by atoms with van der Waals surface area (Å²) in [4.78, 5) is 23.5. The van der Waals surface area contributed by atoms with E-state index in [0.29, 0.717) is 11.4 Å². The van der Waals surface area contributed by atoms with Gasteiger partial charge in [-0.3, -0.25) is 9.59 Å². The van der Waals surface area contributed by atoms with E-state index in [-0.39, 0.29) is 0 Å². The van der Waals surface area contributed by atoms with Crippen molar-refractivity contribution in [3.05, 3.63) is 59.7 Å². The lowest BCUT2D eigenvalue weighted by molar-refractivity contribution is -0.136. The molecule has 0 fully saturated rings. The highest BCUT2D eigenvalue weighted by atomic mass is 16.5. The summed E-state index contributed by atoms with van der Waals surface area (Å²) in [5, 5.41) is 6.23. The van der Waals surface area contributed by atoms with E-state index in [4.69, 9.17) is 4.74 Å². The number of nitrogens with one attached hydrogen (secondary N) is 2. The van der Waals surface area contributed by atoms with Crippen molar-refractivity contribution < 1.29 is 14.3 Å². The third kappa shape index (κ3) is 4.67. The zero-order chi connectivity index (χ0) is 16.7. The molecule has 2 rings (SSSR count). The number of amides is 2. The molecule has 0 aliphatic rings. The fraction of sp³-hybridized carbons (Fsp3) is 0.118. The zero-order valence-corrected chi connectivity index (χ0v) is 12.9. The predicted molar refractivity (Wildman–Crippen MR) is 88.5 cm³/mol. The first-order valence-corrected chi connectivity index (χ1v) is 6.94. The van der Waals surface area contributed by atoms with Crippen LogP contribution in [0, 0.1) is 6.92 Å². The van der Waals surface area contributed by atoms with Crippen molar-refractivity contribution in [3.63, 3.8) is 0 Å². The summed E-state index contributed by atoms with van der Waals surface area (Å²) in [6.07, 6.45) is 1.47. The maximum Gasteiger partial charge on any atom is 0.329 e. The minimum absolute atomic E-state index is 0.415. The molecule has 2 aromatic rings. The van der Waals surface area contributed by atoms with Crippen LogP contribution in [0.2, 0.25) is 0 Å². The highest BCUT2D eigenvalue weighted by Gasteiger charge is 2.14. The molecule has 0 unspecified atom stereocenters. The van der Waals surface area contributed by atoms with E-state index >= 15 is 0 Å². The van der Waals surface area contributed by atoms with Gasteiger partial charge in [0.15, 0.2) is 0 Å². The van der Waals surface area contributed by atoms with Crippen molar-refractivity contribution >= 4 is 23.7 Å². The van der Waals surface area contributed by atoms with Crippen molar-refractivity contribution in [2.45, 2.75) is 6.92 Å². The summed E-state index contributed by atoms with van der Waals surface area (Å²) < 4.78 is 5.10. The smallest absolute Gasteiger partial charge is 0.329 e. The predicted octanol–water partition coefficient (Wildman–Crippen LogP) is 2.09. The monoisotopic (exact) mass is 311 g/mol.